The smallest absolute Gasteiger partial charge is 0.193 e. The molecule has 1 N–H and O–H groups in total. The Labute approximate surface area is 152 Å². The van der Waals surface area contributed by atoms with Crippen molar-refractivity contribution < 1.29 is 9.15 Å². The molecule has 1 aliphatic heterocycles. The maximum absolute atomic E-state index is 12.5. The van der Waals surface area contributed by atoms with Crippen LogP contribution in [0.3, 0.4) is 0 Å². The average Bonchev–Trinajstić information content (AvgIpc) is 2.86. The first-order chi connectivity index (χ1) is 12.7. The van der Waals surface area contributed by atoms with Crippen LogP contribution in [0, 0.1) is 5.92 Å². The molecular weight excluding hydrogens is 326 g/mol. The normalized spacial score (nSPS) is 20.7. The van der Waals surface area contributed by atoms with Gasteiger partial charge in [-0.25, -0.2) is 0 Å². The van der Waals surface area contributed by atoms with E-state index in [9.17, 15) is 4.79 Å². The van der Waals surface area contributed by atoms with Crippen LogP contribution in [-0.2, 0) is 0 Å². The maximum Gasteiger partial charge on any atom is 0.193 e. The van der Waals surface area contributed by atoms with Gasteiger partial charge in [0.05, 0.1) is 5.39 Å². The van der Waals surface area contributed by atoms with Crippen LogP contribution >= 0.6 is 0 Å². The zero-order valence-corrected chi connectivity index (χ0v) is 14.9. The minimum absolute atomic E-state index is 0.0383. The van der Waals surface area contributed by atoms with Crippen LogP contribution in [0.2, 0.25) is 0 Å². The topological polar surface area (TPSA) is 51.5 Å². The van der Waals surface area contributed by atoms with Crippen molar-refractivity contribution in [2.45, 2.75) is 25.9 Å². The summed E-state index contributed by atoms with van der Waals surface area (Å²) >= 11 is 0. The Morgan fingerprint density at radius 1 is 1.12 bits per heavy atom. The molecule has 0 aliphatic carbocycles. The minimum Gasteiger partial charge on any atom is -0.490 e. The average molecular weight is 349 g/mol. The summed E-state index contributed by atoms with van der Waals surface area (Å²) in [5.74, 6) is 1.77. The monoisotopic (exact) mass is 349 g/mol. The molecule has 1 aliphatic rings. The first-order valence-electron chi connectivity index (χ1n) is 9.21. The minimum atomic E-state index is -0.0383. The molecule has 0 spiro atoms. The summed E-state index contributed by atoms with van der Waals surface area (Å²) in [6.07, 6.45) is 2.31. The van der Waals surface area contributed by atoms with Gasteiger partial charge in [0.25, 0.3) is 0 Å². The van der Waals surface area contributed by atoms with Crippen LogP contribution < -0.4 is 15.5 Å². The Morgan fingerprint density at radius 2 is 1.96 bits per heavy atom. The van der Waals surface area contributed by atoms with Crippen molar-refractivity contribution in [3.63, 3.8) is 0 Å². The van der Waals surface area contributed by atoms with E-state index in [1.807, 2.05) is 42.5 Å². The highest BCUT2D eigenvalue weighted by atomic mass is 16.5. The molecule has 1 fully saturated rings. The standard InChI is InChI=1S/C22H23NO3/c1-15-14-23-11-5-8-20(15)25-17-9-10-18-19(24)13-21(26-22(18)12-17)16-6-3-2-4-7-16/h2-4,6-7,9-10,12-13,15,20,23H,5,8,11,14H2,1H3. The van der Waals surface area contributed by atoms with Crippen molar-refractivity contribution in [3.8, 4) is 17.1 Å². The van der Waals surface area contributed by atoms with Crippen molar-refractivity contribution in [2.75, 3.05) is 13.1 Å². The zero-order chi connectivity index (χ0) is 17.9. The van der Waals surface area contributed by atoms with Gasteiger partial charge in [-0.15, -0.1) is 0 Å². The molecule has 4 rings (SSSR count). The van der Waals surface area contributed by atoms with Crippen molar-refractivity contribution in [3.05, 3.63) is 64.8 Å². The number of ether oxygens (including phenoxy) is 1. The lowest BCUT2D eigenvalue weighted by molar-refractivity contribution is 0.141. The van der Waals surface area contributed by atoms with E-state index in [-0.39, 0.29) is 11.5 Å². The highest BCUT2D eigenvalue weighted by Gasteiger charge is 2.21. The Balaban J connectivity index is 1.68. The van der Waals surface area contributed by atoms with Gasteiger partial charge in [-0.2, -0.15) is 0 Å². The second-order valence-electron chi connectivity index (χ2n) is 6.98. The first-order valence-corrected chi connectivity index (χ1v) is 9.21. The Kier molecular flexibility index (Phi) is 4.76. The van der Waals surface area contributed by atoms with Crippen LogP contribution in [0.15, 0.2) is 63.8 Å². The molecule has 134 valence electrons. The van der Waals surface area contributed by atoms with Crippen LogP contribution in [0.1, 0.15) is 19.8 Å². The molecule has 4 heteroatoms. The van der Waals surface area contributed by atoms with E-state index in [0.29, 0.717) is 22.6 Å². The van der Waals surface area contributed by atoms with Crippen molar-refractivity contribution >= 4 is 11.0 Å². The highest BCUT2D eigenvalue weighted by molar-refractivity contribution is 5.80. The largest absolute Gasteiger partial charge is 0.490 e. The molecule has 2 unspecified atom stereocenters. The summed E-state index contributed by atoms with van der Waals surface area (Å²) in [5.41, 5.74) is 1.42. The lowest BCUT2D eigenvalue weighted by Crippen LogP contribution is -2.29. The fraction of sp³-hybridized carbons (Fsp3) is 0.318. The number of nitrogens with one attached hydrogen (secondary N) is 1. The van der Waals surface area contributed by atoms with E-state index >= 15 is 0 Å². The number of hydrogen-bond acceptors (Lipinski definition) is 4. The summed E-state index contributed by atoms with van der Waals surface area (Å²) in [6.45, 7) is 4.21. The fourth-order valence-corrected chi connectivity index (χ4v) is 3.48. The van der Waals surface area contributed by atoms with Gasteiger partial charge in [0.15, 0.2) is 5.43 Å². The molecule has 2 heterocycles. The predicted molar refractivity (Wildman–Crippen MR) is 104 cm³/mol. The second-order valence-corrected chi connectivity index (χ2v) is 6.98. The molecular formula is C22H23NO3. The quantitative estimate of drug-likeness (QED) is 0.769. The van der Waals surface area contributed by atoms with Gasteiger partial charge in [0, 0.05) is 30.2 Å². The summed E-state index contributed by atoms with van der Waals surface area (Å²) in [5, 5.41) is 4.01. The van der Waals surface area contributed by atoms with Gasteiger partial charge in [0.1, 0.15) is 23.2 Å². The highest BCUT2D eigenvalue weighted by Crippen LogP contribution is 2.27. The Bertz CT molecular complexity index is 949. The van der Waals surface area contributed by atoms with E-state index in [0.717, 1.165) is 37.2 Å². The molecule has 2 atom stereocenters. The van der Waals surface area contributed by atoms with Crippen molar-refractivity contribution in [1.29, 1.82) is 0 Å². The van der Waals surface area contributed by atoms with Crippen LogP contribution in [0.5, 0.6) is 5.75 Å². The molecule has 4 nitrogen and oxygen atoms in total. The predicted octanol–water partition coefficient (Wildman–Crippen LogP) is 4.23. The van der Waals surface area contributed by atoms with Crippen LogP contribution in [0.25, 0.3) is 22.3 Å². The molecule has 2 aromatic carbocycles. The number of hydrogen-bond donors (Lipinski definition) is 1. The van der Waals surface area contributed by atoms with Gasteiger partial charge >= 0.3 is 0 Å². The first kappa shape index (κ1) is 16.9. The molecule has 0 amide bonds. The van der Waals surface area contributed by atoms with E-state index < -0.39 is 0 Å². The lowest BCUT2D eigenvalue weighted by Gasteiger charge is -2.22. The molecule has 0 saturated carbocycles. The SMILES string of the molecule is CC1CNCCCC1Oc1ccc2c(=O)cc(-c3ccccc3)oc2c1. The van der Waals surface area contributed by atoms with Gasteiger partial charge in [0.2, 0.25) is 0 Å². The Morgan fingerprint density at radius 3 is 2.81 bits per heavy atom. The van der Waals surface area contributed by atoms with E-state index in [1.54, 1.807) is 12.1 Å². The summed E-state index contributed by atoms with van der Waals surface area (Å²) in [4.78, 5) is 12.5. The van der Waals surface area contributed by atoms with E-state index in [4.69, 9.17) is 9.15 Å². The molecule has 1 saturated heterocycles. The summed E-state index contributed by atoms with van der Waals surface area (Å²) in [6, 6.07) is 16.7. The molecule has 0 bridgehead atoms. The number of rotatable bonds is 3. The number of fused-ring (bicyclic) bond motifs is 1. The third-order valence-corrected chi connectivity index (χ3v) is 4.99. The van der Waals surface area contributed by atoms with Crippen molar-refractivity contribution in [1.82, 2.24) is 5.32 Å². The summed E-state index contributed by atoms with van der Waals surface area (Å²) in [7, 11) is 0. The molecule has 0 radical (unpaired) electrons. The maximum atomic E-state index is 12.5. The van der Waals surface area contributed by atoms with Crippen molar-refractivity contribution in [2.24, 2.45) is 5.92 Å². The second kappa shape index (κ2) is 7.34. The van der Waals surface area contributed by atoms with Gasteiger partial charge in [-0.3, -0.25) is 4.79 Å². The Hall–Kier alpha value is -2.59. The van der Waals surface area contributed by atoms with E-state index in [2.05, 4.69) is 12.2 Å². The molecule has 3 aromatic rings. The molecule has 26 heavy (non-hydrogen) atoms. The summed E-state index contributed by atoms with van der Waals surface area (Å²) < 4.78 is 12.3. The third-order valence-electron chi connectivity index (χ3n) is 4.99. The zero-order valence-electron chi connectivity index (χ0n) is 14.9. The van der Waals surface area contributed by atoms with Gasteiger partial charge in [-0.05, 0) is 31.5 Å². The van der Waals surface area contributed by atoms with Gasteiger partial charge in [-0.1, -0.05) is 37.3 Å². The number of benzene rings is 2. The van der Waals surface area contributed by atoms with Gasteiger partial charge < -0.3 is 14.5 Å². The van der Waals surface area contributed by atoms with Crippen LogP contribution in [0.4, 0.5) is 0 Å². The fourth-order valence-electron chi connectivity index (χ4n) is 3.48. The third kappa shape index (κ3) is 3.51. The lowest BCUT2D eigenvalue weighted by atomic mass is 10.0. The van der Waals surface area contributed by atoms with E-state index in [1.165, 1.54) is 0 Å². The van der Waals surface area contributed by atoms with Crippen LogP contribution in [-0.4, -0.2) is 19.2 Å². The molecule has 1 aromatic heterocycles.